The number of fused-ring (bicyclic) bond motifs is 1. The number of hydrogen-bond donors (Lipinski definition) is 1. The van der Waals surface area contributed by atoms with E-state index >= 15 is 0 Å². The van der Waals surface area contributed by atoms with E-state index in [1.54, 1.807) is 6.20 Å². The average molecular weight is 465 g/mol. The Kier molecular flexibility index (Phi) is 7.03. The highest BCUT2D eigenvalue weighted by molar-refractivity contribution is 5.95. The van der Waals surface area contributed by atoms with Gasteiger partial charge in [0.2, 0.25) is 0 Å². The molecule has 2 aromatic carbocycles. The smallest absolute Gasteiger partial charge is 0.253 e. The van der Waals surface area contributed by atoms with Crippen LogP contribution >= 0.6 is 0 Å². The molecule has 4 aromatic rings. The second-order valence-electron chi connectivity index (χ2n) is 9.55. The van der Waals surface area contributed by atoms with Crippen molar-refractivity contribution in [2.45, 2.75) is 39.2 Å². The van der Waals surface area contributed by atoms with Crippen molar-refractivity contribution in [1.82, 2.24) is 14.9 Å². The van der Waals surface area contributed by atoms with Crippen LogP contribution in [0.1, 0.15) is 46.3 Å². The molecule has 5 nitrogen and oxygen atoms in total. The summed E-state index contributed by atoms with van der Waals surface area (Å²) in [6.07, 6.45) is 11.7. The summed E-state index contributed by atoms with van der Waals surface area (Å²) >= 11 is 0. The summed E-state index contributed by atoms with van der Waals surface area (Å²) in [5.74, 6) is 0.706. The van der Waals surface area contributed by atoms with Crippen molar-refractivity contribution in [3.8, 4) is 0 Å². The Balaban J connectivity index is 1.23. The number of carbonyl (C=O) groups is 1. The minimum absolute atomic E-state index is 0.129. The van der Waals surface area contributed by atoms with Crippen LogP contribution in [0.3, 0.4) is 0 Å². The van der Waals surface area contributed by atoms with E-state index in [4.69, 9.17) is 0 Å². The lowest BCUT2D eigenvalue weighted by molar-refractivity contribution is 0.0760. The molecule has 1 N–H and O–H groups in total. The van der Waals surface area contributed by atoms with Gasteiger partial charge in [-0.3, -0.25) is 14.8 Å². The van der Waals surface area contributed by atoms with Crippen LogP contribution in [-0.4, -0.2) is 33.9 Å². The summed E-state index contributed by atoms with van der Waals surface area (Å²) < 4.78 is 0. The molecule has 1 aliphatic rings. The maximum absolute atomic E-state index is 13.4. The summed E-state index contributed by atoms with van der Waals surface area (Å²) in [6, 6.07) is 18.6. The Morgan fingerprint density at radius 1 is 1.00 bits per heavy atom. The maximum Gasteiger partial charge on any atom is 0.253 e. The first-order chi connectivity index (χ1) is 17.2. The van der Waals surface area contributed by atoms with Crippen LogP contribution in [0.4, 0.5) is 5.69 Å². The van der Waals surface area contributed by atoms with E-state index in [0.29, 0.717) is 12.5 Å². The molecular formula is C30H32N4O. The van der Waals surface area contributed by atoms with Crippen LogP contribution in [-0.2, 0) is 13.0 Å². The molecule has 35 heavy (non-hydrogen) atoms. The van der Waals surface area contributed by atoms with Gasteiger partial charge in [0.15, 0.2) is 0 Å². The summed E-state index contributed by atoms with van der Waals surface area (Å²) in [5, 5.41) is 5.97. The number of carbonyl (C=O) groups excluding carboxylic acids is 1. The van der Waals surface area contributed by atoms with E-state index in [2.05, 4.69) is 46.5 Å². The fourth-order valence-corrected chi connectivity index (χ4v) is 5.07. The van der Waals surface area contributed by atoms with Crippen LogP contribution in [0.25, 0.3) is 10.8 Å². The Bertz CT molecular complexity index is 1300. The predicted octanol–water partition coefficient (Wildman–Crippen LogP) is 6.04. The van der Waals surface area contributed by atoms with Gasteiger partial charge in [-0.15, -0.1) is 0 Å². The lowest BCUT2D eigenvalue weighted by atomic mass is 9.91. The van der Waals surface area contributed by atoms with Crippen molar-refractivity contribution in [3.63, 3.8) is 0 Å². The van der Waals surface area contributed by atoms with Crippen LogP contribution < -0.4 is 5.32 Å². The molecule has 1 fully saturated rings. The second kappa shape index (κ2) is 10.7. The average Bonchev–Trinajstić information content (AvgIpc) is 3.14. The fraction of sp³-hybridized carbons (Fsp3) is 0.300. The molecule has 0 aliphatic carbocycles. The van der Waals surface area contributed by atoms with Crippen LogP contribution in [0.15, 0.2) is 79.4 Å². The molecule has 5 rings (SSSR count). The van der Waals surface area contributed by atoms with E-state index in [1.165, 1.54) is 16.3 Å². The van der Waals surface area contributed by atoms with Crippen molar-refractivity contribution in [2.75, 3.05) is 18.4 Å². The normalized spacial score (nSPS) is 16.1. The number of rotatable bonds is 6. The van der Waals surface area contributed by atoms with Gasteiger partial charge in [-0.1, -0.05) is 30.3 Å². The molecule has 0 unspecified atom stereocenters. The van der Waals surface area contributed by atoms with Crippen molar-refractivity contribution in [2.24, 2.45) is 5.92 Å². The Morgan fingerprint density at radius 2 is 1.91 bits per heavy atom. The highest BCUT2D eigenvalue weighted by Gasteiger charge is 2.22. The standard InChI is InChI=1S/C30H32N4O/c1-22-9-10-27(18-29(22)33-20-24-5-3-13-31-19-24)30(35)34-15-4-6-23(12-16-34)17-26-8-2-7-25-11-14-32-21-28(25)26/h2-3,5,7-11,13-14,18-19,21,23,33H,4,6,12,15-17,20H2,1H3/t23-/m0/s1. The molecule has 0 radical (unpaired) electrons. The summed E-state index contributed by atoms with van der Waals surface area (Å²) in [4.78, 5) is 24.0. The number of pyridine rings is 2. The number of likely N-dealkylation sites (tertiary alicyclic amines) is 1. The summed E-state index contributed by atoms with van der Waals surface area (Å²) in [6.45, 7) is 4.37. The van der Waals surface area contributed by atoms with Gasteiger partial charge in [0, 0.05) is 61.1 Å². The number of anilines is 1. The predicted molar refractivity (Wildman–Crippen MR) is 141 cm³/mol. The number of aromatic nitrogens is 2. The third kappa shape index (κ3) is 5.51. The van der Waals surface area contributed by atoms with E-state index in [0.717, 1.165) is 61.2 Å². The molecule has 1 aliphatic heterocycles. The molecule has 2 aromatic heterocycles. The lowest BCUT2D eigenvalue weighted by Gasteiger charge is -2.22. The largest absolute Gasteiger partial charge is 0.381 e. The van der Waals surface area contributed by atoms with Gasteiger partial charge in [-0.2, -0.15) is 0 Å². The molecule has 0 bridgehead atoms. The van der Waals surface area contributed by atoms with Gasteiger partial charge in [0.1, 0.15) is 0 Å². The van der Waals surface area contributed by atoms with Gasteiger partial charge in [0.25, 0.3) is 5.91 Å². The molecule has 1 amide bonds. The van der Waals surface area contributed by atoms with Gasteiger partial charge in [0.05, 0.1) is 0 Å². The topological polar surface area (TPSA) is 58.1 Å². The number of amides is 1. The van der Waals surface area contributed by atoms with Gasteiger partial charge >= 0.3 is 0 Å². The van der Waals surface area contributed by atoms with Crippen molar-refractivity contribution < 1.29 is 4.79 Å². The third-order valence-electron chi connectivity index (χ3n) is 7.11. The number of aryl methyl sites for hydroxylation is 1. The minimum atomic E-state index is 0.129. The van der Waals surface area contributed by atoms with E-state index in [9.17, 15) is 4.79 Å². The summed E-state index contributed by atoms with van der Waals surface area (Å²) in [7, 11) is 0. The van der Waals surface area contributed by atoms with E-state index < -0.39 is 0 Å². The molecule has 1 saturated heterocycles. The molecule has 5 heteroatoms. The van der Waals surface area contributed by atoms with Gasteiger partial charge in [-0.05, 0) is 84.9 Å². The van der Waals surface area contributed by atoms with Crippen molar-refractivity contribution in [1.29, 1.82) is 0 Å². The van der Waals surface area contributed by atoms with Gasteiger partial charge in [-0.25, -0.2) is 0 Å². The van der Waals surface area contributed by atoms with E-state index in [1.807, 2.05) is 53.8 Å². The molecule has 178 valence electrons. The molecule has 0 spiro atoms. The zero-order valence-electron chi connectivity index (χ0n) is 20.3. The first-order valence-electron chi connectivity index (χ1n) is 12.5. The highest BCUT2D eigenvalue weighted by atomic mass is 16.2. The molecule has 0 saturated carbocycles. The minimum Gasteiger partial charge on any atom is -0.381 e. The number of hydrogen-bond acceptors (Lipinski definition) is 4. The van der Waals surface area contributed by atoms with Crippen LogP contribution in [0, 0.1) is 12.8 Å². The van der Waals surface area contributed by atoms with Crippen molar-refractivity contribution in [3.05, 3.63) is 102 Å². The first kappa shape index (κ1) is 23.0. The Hall–Kier alpha value is -3.73. The number of nitrogens with zero attached hydrogens (tertiary/aromatic N) is 3. The SMILES string of the molecule is Cc1ccc(C(=O)N2CCC[C@H](Cc3cccc4ccncc34)CC2)cc1NCc1cccnc1. The zero-order valence-corrected chi connectivity index (χ0v) is 20.3. The second-order valence-corrected chi connectivity index (χ2v) is 9.55. The summed E-state index contributed by atoms with van der Waals surface area (Å²) in [5.41, 5.74) is 5.36. The lowest BCUT2D eigenvalue weighted by Crippen LogP contribution is -2.32. The number of benzene rings is 2. The van der Waals surface area contributed by atoms with Gasteiger partial charge < -0.3 is 10.2 Å². The van der Waals surface area contributed by atoms with Crippen LogP contribution in [0.2, 0.25) is 0 Å². The fourth-order valence-electron chi connectivity index (χ4n) is 5.07. The van der Waals surface area contributed by atoms with Crippen molar-refractivity contribution >= 4 is 22.4 Å². The Morgan fingerprint density at radius 3 is 2.80 bits per heavy atom. The molecule has 3 heterocycles. The molecular weight excluding hydrogens is 432 g/mol. The molecule has 1 atom stereocenters. The highest BCUT2D eigenvalue weighted by Crippen LogP contribution is 2.27. The Labute approximate surface area is 207 Å². The van der Waals surface area contributed by atoms with Crippen LogP contribution in [0.5, 0.6) is 0 Å². The maximum atomic E-state index is 13.4. The quantitative estimate of drug-likeness (QED) is 0.378. The first-order valence-corrected chi connectivity index (χ1v) is 12.5. The number of nitrogens with one attached hydrogen (secondary N) is 1. The third-order valence-corrected chi connectivity index (χ3v) is 7.11. The van der Waals surface area contributed by atoms with E-state index in [-0.39, 0.29) is 5.91 Å². The monoisotopic (exact) mass is 464 g/mol. The zero-order chi connectivity index (χ0) is 24.0.